The van der Waals surface area contributed by atoms with Crippen molar-refractivity contribution in [2.45, 2.75) is 34.1 Å². The molecule has 0 rings (SSSR count). The number of hydrogen-bond donors (Lipinski definition) is 0. The summed E-state index contributed by atoms with van der Waals surface area (Å²) in [4.78, 5) is 22.3. The zero-order valence-corrected chi connectivity index (χ0v) is 8.18. The van der Waals surface area contributed by atoms with Crippen LogP contribution >= 0.6 is 0 Å². The van der Waals surface area contributed by atoms with Gasteiger partial charge in [-0.3, -0.25) is 9.59 Å². The largest absolute Gasteiger partial charge is 0.299 e. The van der Waals surface area contributed by atoms with Crippen LogP contribution in [0.4, 0.5) is 0 Å². The van der Waals surface area contributed by atoms with Crippen molar-refractivity contribution in [3.05, 3.63) is 12.2 Å². The molecule has 0 spiro atoms. The Bertz CT molecular complexity index is 206. The second-order valence-electron chi connectivity index (χ2n) is 3.82. The molecular weight excluding hydrogens is 152 g/mol. The Kier molecular flexibility index (Phi) is 3.87. The van der Waals surface area contributed by atoms with Crippen LogP contribution in [0.2, 0.25) is 0 Å². The Labute approximate surface area is 73.7 Å². The van der Waals surface area contributed by atoms with Crippen molar-refractivity contribution in [1.82, 2.24) is 0 Å². The van der Waals surface area contributed by atoms with Gasteiger partial charge < -0.3 is 0 Å². The first kappa shape index (κ1) is 11.1. The average Bonchev–Trinajstić information content (AvgIpc) is 1.85. The van der Waals surface area contributed by atoms with Crippen LogP contribution in [0, 0.1) is 5.41 Å². The molecule has 0 heterocycles. The van der Waals surface area contributed by atoms with E-state index >= 15 is 0 Å². The Hall–Kier alpha value is -0.920. The lowest BCUT2D eigenvalue weighted by Gasteiger charge is -2.14. The summed E-state index contributed by atoms with van der Waals surface area (Å²) in [5, 5.41) is 0. The maximum Gasteiger partial charge on any atom is 0.162 e. The van der Waals surface area contributed by atoms with Gasteiger partial charge in [0.1, 0.15) is 5.78 Å². The van der Waals surface area contributed by atoms with Crippen LogP contribution in [-0.4, -0.2) is 11.6 Å². The van der Waals surface area contributed by atoms with E-state index in [4.69, 9.17) is 0 Å². The molecule has 0 aliphatic carbocycles. The maximum atomic E-state index is 11.3. The molecule has 0 N–H and O–H groups in total. The summed E-state index contributed by atoms with van der Waals surface area (Å²) >= 11 is 0. The molecule has 2 nitrogen and oxygen atoms in total. The van der Waals surface area contributed by atoms with Gasteiger partial charge in [-0.25, -0.2) is 0 Å². The van der Waals surface area contributed by atoms with E-state index in [0.717, 1.165) is 0 Å². The Morgan fingerprint density at radius 2 is 1.75 bits per heavy atom. The first-order chi connectivity index (χ1) is 5.38. The van der Waals surface area contributed by atoms with Crippen molar-refractivity contribution in [3.8, 4) is 0 Å². The standard InChI is InChI=1S/C10H16O2/c1-5-6-8(11)7-9(12)10(2,3)4/h5-6H,7H2,1-4H3/b6-5+. The Morgan fingerprint density at radius 3 is 2.08 bits per heavy atom. The summed E-state index contributed by atoms with van der Waals surface area (Å²) in [6.45, 7) is 7.22. The second-order valence-corrected chi connectivity index (χ2v) is 3.82. The molecule has 0 radical (unpaired) electrons. The highest BCUT2D eigenvalue weighted by atomic mass is 16.1. The van der Waals surface area contributed by atoms with Crippen LogP contribution in [0.1, 0.15) is 34.1 Å². The molecule has 0 aliphatic rings. The third-order valence-electron chi connectivity index (χ3n) is 1.52. The van der Waals surface area contributed by atoms with Crippen LogP contribution in [0.3, 0.4) is 0 Å². The van der Waals surface area contributed by atoms with Gasteiger partial charge in [0.15, 0.2) is 5.78 Å². The van der Waals surface area contributed by atoms with Gasteiger partial charge in [-0.1, -0.05) is 26.8 Å². The number of hydrogen-bond acceptors (Lipinski definition) is 2. The molecule has 2 heteroatoms. The van der Waals surface area contributed by atoms with Crippen LogP contribution in [0.5, 0.6) is 0 Å². The molecule has 0 aliphatic heterocycles. The number of Topliss-reactive ketones (excluding diaryl/α,β-unsaturated/α-hetero) is 1. The molecular formula is C10H16O2. The SMILES string of the molecule is C/C=C/C(=O)CC(=O)C(C)(C)C. The molecule has 0 amide bonds. The highest BCUT2D eigenvalue weighted by Crippen LogP contribution is 2.16. The van der Waals surface area contributed by atoms with Crippen molar-refractivity contribution in [1.29, 1.82) is 0 Å². The molecule has 0 atom stereocenters. The van der Waals surface area contributed by atoms with Gasteiger partial charge in [-0.05, 0) is 13.0 Å². The third-order valence-corrected chi connectivity index (χ3v) is 1.52. The predicted octanol–water partition coefficient (Wildman–Crippen LogP) is 2.14. The minimum atomic E-state index is -0.406. The highest BCUT2D eigenvalue weighted by molar-refractivity contribution is 6.05. The van der Waals surface area contributed by atoms with Crippen molar-refractivity contribution in [3.63, 3.8) is 0 Å². The summed E-state index contributed by atoms with van der Waals surface area (Å²) in [6.07, 6.45) is 3.11. The average molecular weight is 168 g/mol. The summed E-state index contributed by atoms with van der Waals surface area (Å²) in [5.41, 5.74) is -0.406. The zero-order chi connectivity index (χ0) is 9.78. The van der Waals surface area contributed by atoms with E-state index in [1.807, 2.05) is 20.8 Å². The molecule has 0 saturated carbocycles. The normalized spacial score (nSPS) is 12.0. The van der Waals surface area contributed by atoms with E-state index in [2.05, 4.69) is 0 Å². The van der Waals surface area contributed by atoms with Gasteiger partial charge in [0.05, 0.1) is 6.42 Å². The van der Waals surface area contributed by atoms with E-state index in [0.29, 0.717) is 0 Å². The maximum absolute atomic E-state index is 11.3. The van der Waals surface area contributed by atoms with Gasteiger partial charge in [0.2, 0.25) is 0 Å². The minimum Gasteiger partial charge on any atom is -0.299 e. The van der Waals surface area contributed by atoms with Crippen LogP contribution in [0.25, 0.3) is 0 Å². The summed E-state index contributed by atoms with van der Waals surface area (Å²) in [6, 6.07) is 0. The molecule has 0 unspecified atom stereocenters. The van der Waals surface area contributed by atoms with Gasteiger partial charge in [-0.2, -0.15) is 0 Å². The van der Waals surface area contributed by atoms with Crippen LogP contribution in [0.15, 0.2) is 12.2 Å². The summed E-state index contributed by atoms with van der Waals surface area (Å²) in [7, 11) is 0. The zero-order valence-electron chi connectivity index (χ0n) is 8.18. The summed E-state index contributed by atoms with van der Waals surface area (Å²) < 4.78 is 0. The molecule has 0 aromatic carbocycles. The van der Waals surface area contributed by atoms with E-state index in [1.165, 1.54) is 6.08 Å². The molecule has 0 fully saturated rings. The van der Waals surface area contributed by atoms with Gasteiger partial charge in [-0.15, -0.1) is 0 Å². The van der Waals surface area contributed by atoms with Crippen LogP contribution in [-0.2, 0) is 9.59 Å². The highest BCUT2D eigenvalue weighted by Gasteiger charge is 2.22. The van der Waals surface area contributed by atoms with E-state index in [9.17, 15) is 9.59 Å². The van der Waals surface area contributed by atoms with E-state index < -0.39 is 5.41 Å². The van der Waals surface area contributed by atoms with Crippen molar-refractivity contribution in [2.24, 2.45) is 5.41 Å². The van der Waals surface area contributed by atoms with Crippen molar-refractivity contribution in [2.75, 3.05) is 0 Å². The number of allylic oxidation sites excluding steroid dienone is 2. The van der Waals surface area contributed by atoms with E-state index in [1.54, 1.807) is 13.0 Å². The number of ketones is 2. The first-order valence-corrected chi connectivity index (χ1v) is 4.06. The molecule has 0 aromatic heterocycles. The Morgan fingerprint density at radius 1 is 1.25 bits per heavy atom. The topological polar surface area (TPSA) is 34.1 Å². The number of carbonyl (C=O) groups is 2. The summed E-state index contributed by atoms with van der Waals surface area (Å²) in [5.74, 6) is -0.122. The molecule has 12 heavy (non-hydrogen) atoms. The van der Waals surface area contributed by atoms with E-state index in [-0.39, 0.29) is 18.0 Å². The predicted molar refractivity (Wildman–Crippen MR) is 48.9 cm³/mol. The lowest BCUT2D eigenvalue weighted by Crippen LogP contribution is -2.22. The fourth-order valence-corrected chi connectivity index (χ4v) is 0.668. The van der Waals surface area contributed by atoms with Gasteiger partial charge >= 0.3 is 0 Å². The quantitative estimate of drug-likeness (QED) is 0.478. The molecule has 0 aromatic rings. The van der Waals surface area contributed by atoms with Crippen molar-refractivity contribution < 1.29 is 9.59 Å². The minimum absolute atomic E-state index is 0.00870. The van der Waals surface area contributed by atoms with Gasteiger partial charge in [0.25, 0.3) is 0 Å². The molecule has 0 saturated heterocycles. The first-order valence-electron chi connectivity index (χ1n) is 4.06. The molecule has 0 bridgehead atoms. The second kappa shape index (κ2) is 4.19. The molecule has 68 valence electrons. The fraction of sp³-hybridized carbons (Fsp3) is 0.600. The van der Waals surface area contributed by atoms with Crippen LogP contribution < -0.4 is 0 Å². The fourth-order valence-electron chi connectivity index (χ4n) is 0.668. The lowest BCUT2D eigenvalue weighted by molar-refractivity contribution is -0.130. The number of rotatable bonds is 3. The van der Waals surface area contributed by atoms with Crippen molar-refractivity contribution >= 4 is 11.6 Å². The smallest absolute Gasteiger partial charge is 0.162 e. The third kappa shape index (κ3) is 4.06. The number of carbonyl (C=O) groups excluding carboxylic acids is 2. The Balaban J connectivity index is 4.11. The monoisotopic (exact) mass is 168 g/mol. The lowest BCUT2D eigenvalue weighted by atomic mass is 9.88. The van der Waals surface area contributed by atoms with Gasteiger partial charge in [0, 0.05) is 5.41 Å².